The van der Waals surface area contributed by atoms with Crippen molar-refractivity contribution in [3.8, 4) is 11.5 Å². The number of aryl methyl sites for hydroxylation is 1. The van der Waals surface area contributed by atoms with E-state index in [0.29, 0.717) is 50.5 Å². The maximum absolute atomic E-state index is 13.3. The molecule has 1 N–H and O–H groups in total. The number of carbonyl (C=O) groups is 1. The SMILES string of the molecule is Cc1noc2nc(-c3ccco3)cc(C(=O)Nc3ccnn3Cc3cccc(Cl)c3Cl)c12. The van der Waals surface area contributed by atoms with E-state index in [9.17, 15) is 4.79 Å². The lowest BCUT2D eigenvalue weighted by Crippen LogP contribution is -2.17. The summed E-state index contributed by atoms with van der Waals surface area (Å²) in [7, 11) is 0. The summed E-state index contributed by atoms with van der Waals surface area (Å²) in [4.78, 5) is 17.7. The van der Waals surface area contributed by atoms with Gasteiger partial charge in [-0.2, -0.15) is 5.10 Å². The molecule has 0 aliphatic heterocycles. The lowest BCUT2D eigenvalue weighted by atomic mass is 10.1. The van der Waals surface area contributed by atoms with Crippen molar-refractivity contribution >= 4 is 46.0 Å². The maximum atomic E-state index is 13.3. The van der Waals surface area contributed by atoms with Crippen molar-refractivity contribution in [2.45, 2.75) is 13.5 Å². The Kier molecular flexibility index (Phi) is 5.16. The number of furan rings is 1. The van der Waals surface area contributed by atoms with E-state index < -0.39 is 0 Å². The molecular weight excluding hydrogens is 453 g/mol. The van der Waals surface area contributed by atoms with Crippen LogP contribution in [0, 0.1) is 6.92 Å². The van der Waals surface area contributed by atoms with Gasteiger partial charge in [-0.15, -0.1) is 0 Å². The zero-order chi connectivity index (χ0) is 22.2. The zero-order valence-corrected chi connectivity index (χ0v) is 18.2. The number of fused-ring (bicyclic) bond motifs is 1. The fourth-order valence-corrected chi connectivity index (χ4v) is 3.78. The van der Waals surface area contributed by atoms with E-state index in [-0.39, 0.29) is 11.6 Å². The van der Waals surface area contributed by atoms with Crippen LogP contribution in [0.3, 0.4) is 0 Å². The lowest BCUT2D eigenvalue weighted by molar-refractivity contribution is 0.102. The minimum Gasteiger partial charge on any atom is -0.463 e. The molecule has 0 radical (unpaired) electrons. The highest BCUT2D eigenvalue weighted by Gasteiger charge is 2.21. The van der Waals surface area contributed by atoms with Gasteiger partial charge in [0.25, 0.3) is 11.6 Å². The van der Waals surface area contributed by atoms with Crippen LogP contribution in [0.25, 0.3) is 22.6 Å². The summed E-state index contributed by atoms with van der Waals surface area (Å²) in [5.74, 6) is 0.635. The Labute approximate surface area is 191 Å². The lowest BCUT2D eigenvalue weighted by Gasteiger charge is -2.11. The summed E-state index contributed by atoms with van der Waals surface area (Å²) in [6, 6.07) is 12.2. The molecule has 32 heavy (non-hydrogen) atoms. The molecule has 5 rings (SSSR count). The smallest absolute Gasteiger partial charge is 0.259 e. The summed E-state index contributed by atoms with van der Waals surface area (Å²) in [5.41, 5.74) is 2.40. The topological polar surface area (TPSA) is 99.0 Å². The number of pyridine rings is 1. The second-order valence-electron chi connectivity index (χ2n) is 7.02. The predicted molar refractivity (Wildman–Crippen MR) is 120 cm³/mol. The van der Waals surface area contributed by atoms with E-state index in [1.807, 2.05) is 12.1 Å². The van der Waals surface area contributed by atoms with Gasteiger partial charge in [-0.1, -0.05) is 40.5 Å². The van der Waals surface area contributed by atoms with Crippen LogP contribution in [0.2, 0.25) is 10.0 Å². The standard InChI is InChI=1S/C22H15Cl2N5O3/c1-12-19-14(10-16(17-6-3-9-31-17)26-22(19)32-28-12)21(30)27-18-7-8-25-29(18)11-13-4-2-5-15(23)20(13)24/h2-10H,11H2,1H3,(H,27,30). The molecule has 0 spiro atoms. The van der Waals surface area contributed by atoms with Crippen molar-refractivity contribution in [3.05, 3.63) is 81.8 Å². The largest absolute Gasteiger partial charge is 0.463 e. The van der Waals surface area contributed by atoms with Gasteiger partial charge in [0.1, 0.15) is 11.5 Å². The monoisotopic (exact) mass is 467 g/mol. The van der Waals surface area contributed by atoms with Crippen LogP contribution in [0.15, 0.2) is 63.9 Å². The summed E-state index contributed by atoms with van der Waals surface area (Å²) >= 11 is 12.4. The molecule has 0 aliphatic carbocycles. The first kappa shape index (κ1) is 20.3. The molecule has 0 atom stereocenters. The molecule has 0 saturated carbocycles. The molecule has 5 aromatic rings. The van der Waals surface area contributed by atoms with E-state index in [2.05, 4.69) is 20.6 Å². The third kappa shape index (κ3) is 3.63. The predicted octanol–water partition coefficient (Wildman–Crippen LogP) is 5.60. The van der Waals surface area contributed by atoms with Crippen LogP contribution in [0.1, 0.15) is 21.6 Å². The van der Waals surface area contributed by atoms with Gasteiger partial charge in [0.2, 0.25) is 0 Å². The number of hydrogen-bond donors (Lipinski definition) is 1. The Morgan fingerprint density at radius 2 is 2.06 bits per heavy atom. The summed E-state index contributed by atoms with van der Waals surface area (Å²) < 4.78 is 12.4. The van der Waals surface area contributed by atoms with Gasteiger partial charge in [0.05, 0.1) is 45.7 Å². The van der Waals surface area contributed by atoms with Gasteiger partial charge < -0.3 is 14.3 Å². The van der Waals surface area contributed by atoms with Gasteiger partial charge in [-0.25, -0.2) is 9.67 Å². The molecular formula is C22H15Cl2N5O3. The van der Waals surface area contributed by atoms with Crippen LogP contribution < -0.4 is 5.32 Å². The number of benzene rings is 1. The van der Waals surface area contributed by atoms with Gasteiger partial charge in [-0.3, -0.25) is 4.79 Å². The number of halogens is 2. The van der Waals surface area contributed by atoms with E-state index in [1.165, 1.54) is 6.26 Å². The van der Waals surface area contributed by atoms with Gasteiger partial charge in [0, 0.05) is 6.07 Å². The minimum absolute atomic E-state index is 0.251. The third-order valence-corrected chi connectivity index (χ3v) is 5.80. The molecule has 160 valence electrons. The van der Waals surface area contributed by atoms with E-state index in [0.717, 1.165) is 5.56 Å². The van der Waals surface area contributed by atoms with Crippen molar-refractivity contribution < 1.29 is 13.7 Å². The van der Waals surface area contributed by atoms with Gasteiger partial charge in [-0.05, 0) is 36.8 Å². The Hall–Kier alpha value is -3.62. The van der Waals surface area contributed by atoms with Crippen LogP contribution in [-0.4, -0.2) is 25.8 Å². The maximum Gasteiger partial charge on any atom is 0.259 e. The molecule has 1 amide bonds. The van der Waals surface area contributed by atoms with Crippen molar-refractivity contribution in [2.75, 3.05) is 5.32 Å². The molecule has 0 fully saturated rings. The first-order valence-corrected chi connectivity index (χ1v) is 10.3. The van der Waals surface area contributed by atoms with Crippen molar-refractivity contribution in [3.63, 3.8) is 0 Å². The number of anilines is 1. The minimum atomic E-state index is -0.365. The highest BCUT2D eigenvalue weighted by Crippen LogP contribution is 2.29. The Bertz CT molecular complexity index is 1440. The molecule has 0 unspecified atom stereocenters. The first-order valence-electron chi connectivity index (χ1n) is 9.58. The molecule has 4 aromatic heterocycles. The molecule has 0 bridgehead atoms. The number of rotatable bonds is 5. The van der Waals surface area contributed by atoms with E-state index >= 15 is 0 Å². The molecule has 4 heterocycles. The first-order chi connectivity index (χ1) is 15.5. The van der Waals surface area contributed by atoms with Gasteiger partial charge >= 0.3 is 0 Å². The average Bonchev–Trinajstić information content (AvgIpc) is 3.53. The third-order valence-electron chi connectivity index (χ3n) is 4.95. The Morgan fingerprint density at radius 1 is 1.19 bits per heavy atom. The summed E-state index contributed by atoms with van der Waals surface area (Å²) in [5, 5.41) is 12.6. The number of nitrogens with zero attached hydrogens (tertiary/aromatic N) is 4. The second-order valence-corrected chi connectivity index (χ2v) is 7.81. The van der Waals surface area contributed by atoms with Gasteiger partial charge in [0.15, 0.2) is 5.76 Å². The Morgan fingerprint density at radius 3 is 2.88 bits per heavy atom. The van der Waals surface area contributed by atoms with Crippen LogP contribution >= 0.6 is 23.2 Å². The highest BCUT2D eigenvalue weighted by atomic mass is 35.5. The van der Waals surface area contributed by atoms with E-state index in [4.69, 9.17) is 32.1 Å². The molecule has 0 aliphatic rings. The van der Waals surface area contributed by atoms with E-state index in [1.54, 1.807) is 48.1 Å². The average molecular weight is 468 g/mol. The number of nitrogens with one attached hydrogen (secondary N) is 1. The number of aromatic nitrogens is 4. The number of carbonyl (C=O) groups excluding carboxylic acids is 1. The molecule has 1 aromatic carbocycles. The summed E-state index contributed by atoms with van der Waals surface area (Å²) in [6.07, 6.45) is 3.13. The fourth-order valence-electron chi connectivity index (χ4n) is 3.40. The number of amides is 1. The zero-order valence-electron chi connectivity index (χ0n) is 16.7. The number of hydrogen-bond acceptors (Lipinski definition) is 6. The Balaban J connectivity index is 1.50. The van der Waals surface area contributed by atoms with Crippen LogP contribution in [0.5, 0.6) is 0 Å². The summed E-state index contributed by atoms with van der Waals surface area (Å²) in [6.45, 7) is 2.08. The molecule has 0 saturated heterocycles. The van der Waals surface area contributed by atoms with Crippen LogP contribution in [0.4, 0.5) is 5.82 Å². The normalized spacial score (nSPS) is 11.2. The molecule has 10 heteroatoms. The fraction of sp³-hybridized carbons (Fsp3) is 0.0909. The highest BCUT2D eigenvalue weighted by molar-refractivity contribution is 6.42. The quantitative estimate of drug-likeness (QED) is 0.361. The second kappa shape index (κ2) is 8.14. The van der Waals surface area contributed by atoms with Crippen molar-refractivity contribution in [1.82, 2.24) is 19.9 Å². The molecule has 8 nitrogen and oxygen atoms in total. The van der Waals surface area contributed by atoms with Crippen molar-refractivity contribution in [2.24, 2.45) is 0 Å². The van der Waals surface area contributed by atoms with Crippen molar-refractivity contribution in [1.29, 1.82) is 0 Å². The van der Waals surface area contributed by atoms with Crippen LogP contribution in [-0.2, 0) is 6.54 Å².